The second-order valence-corrected chi connectivity index (χ2v) is 5.93. The van der Waals surface area contributed by atoms with Crippen LogP contribution in [0.5, 0.6) is 0 Å². The van der Waals surface area contributed by atoms with Crippen LogP contribution < -0.4 is 0 Å². The lowest BCUT2D eigenvalue weighted by atomic mass is 9.66. The molecule has 0 radical (unpaired) electrons. The van der Waals surface area contributed by atoms with E-state index in [0.29, 0.717) is 13.0 Å². The molecule has 0 unspecified atom stereocenters. The monoisotopic (exact) mass is 257 g/mol. The summed E-state index contributed by atoms with van der Waals surface area (Å²) < 4.78 is 4.74. The van der Waals surface area contributed by atoms with E-state index in [-0.39, 0.29) is 17.8 Å². The number of esters is 1. The predicted octanol–water partition coefficient (Wildman–Crippen LogP) is 2.50. The summed E-state index contributed by atoms with van der Waals surface area (Å²) in [5.74, 6) is -0.349. The largest absolute Gasteiger partial charge is 0.469 e. The average molecular weight is 257 g/mol. The first-order valence-electron chi connectivity index (χ1n) is 6.32. The van der Waals surface area contributed by atoms with Gasteiger partial charge in [-0.2, -0.15) is 0 Å². The van der Waals surface area contributed by atoms with Crippen LogP contribution in [0.4, 0.5) is 4.79 Å². The van der Waals surface area contributed by atoms with E-state index in [2.05, 4.69) is 0 Å². The standard InChI is InChI=1S/C13H23NO4/c1-12(2,3)13(9-10(15)18-4)7-5-6-8-14(13)11(16)17/h5-9H2,1-4H3,(H,16,17)/t13-/m0/s1. The van der Waals surface area contributed by atoms with Gasteiger partial charge in [-0.25, -0.2) is 4.79 Å². The molecule has 1 atom stereocenters. The number of carboxylic acid groups (broad SMARTS) is 1. The van der Waals surface area contributed by atoms with Crippen LogP contribution in [0.2, 0.25) is 0 Å². The second-order valence-electron chi connectivity index (χ2n) is 5.93. The summed E-state index contributed by atoms with van der Waals surface area (Å²) >= 11 is 0. The van der Waals surface area contributed by atoms with Crippen molar-refractivity contribution < 1.29 is 19.4 Å². The van der Waals surface area contributed by atoms with Crippen LogP contribution in [-0.2, 0) is 9.53 Å². The molecule has 0 aromatic carbocycles. The predicted molar refractivity (Wildman–Crippen MR) is 67.4 cm³/mol. The lowest BCUT2D eigenvalue weighted by molar-refractivity contribution is -0.147. The Morgan fingerprint density at radius 1 is 1.33 bits per heavy atom. The molecule has 1 N–H and O–H groups in total. The molecule has 104 valence electrons. The highest BCUT2D eigenvalue weighted by Crippen LogP contribution is 2.45. The Morgan fingerprint density at radius 3 is 2.39 bits per heavy atom. The fourth-order valence-corrected chi connectivity index (χ4v) is 2.85. The van der Waals surface area contributed by atoms with E-state index in [1.54, 1.807) is 0 Å². The molecule has 0 spiro atoms. The molecule has 0 bridgehead atoms. The topological polar surface area (TPSA) is 66.8 Å². The summed E-state index contributed by atoms with van der Waals surface area (Å²) in [5, 5.41) is 9.40. The highest BCUT2D eigenvalue weighted by molar-refractivity contribution is 5.73. The maximum absolute atomic E-state index is 11.7. The Bertz CT molecular complexity index is 334. The van der Waals surface area contributed by atoms with Gasteiger partial charge in [0.2, 0.25) is 0 Å². The van der Waals surface area contributed by atoms with Crippen molar-refractivity contribution in [3.63, 3.8) is 0 Å². The Kier molecular flexibility index (Phi) is 4.24. The summed E-state index contributed by atoms with van der Waals surface area (Å²) in [6, 6.07) is 0. The second kappa shape index (κ2) is 5.16. The number of nitrogens with zero attached hydrogens (tertiary/aromatic N) is 1. The van der Waals surface area contributed by atoms with Crippen LogP contribution in [0.3, 0.4) is 0 Å². The molecule has 0 saturated carbocycles. The van der Waals surface area contributed by atoms with Gasteiger partial charge in [-0.15, -0.1) is 0 Å². The van der Waals surface area contributed by atoms with Crippen LogP contribution in [0.15, 0.2) is 0 Å². The fourth-order valence-electron chi connectivity index (χ4n) is 2.85. The van der Waals surface area contributed by atoms with Crippen molar-refractivity contribution in [3.05, 3.63) is 0 Å². The zero-order chi connectivity index (χ0) is 14.0. The number of rotatable bonds is 2. The third-order valence-electron chi connectivity index (χ3n) is 4.03. The van der Waals surface area contributed by atoms with E-state index >= 15 is 0 Å². The first kappa shape index (κ1) is 14.8. The number of amides is 1. The molecule has 0 aromatic heterocycles. The SMILES string of the molecule is COC(=O)C[C@]1(C(C)(C)C)CCCCN1C(=O)O. The molecule has 5 nitrogen and oxygen atoms in total. The molecular formula is C13H23NO4. The van der Waals surface area contributed by atoms with Crippen molar-refractivity contribution in [2.45, 2.75) is 52.0 Å². The van der Waals surface area contributed by atoms with Crippen molar-refractivity contribution in [2.24, 2.45) is 5.41 Å². The zero-order valence-electron chi connectivity index (χ0n) is 11.7. The summed E-state index contributed by atoms with van der Waals surface area (Å²) in [7, 11) is 1.34. The smallest absolute Gasteiger partial charge is 0.407 e. The zero-order valence-corrected chi connectivity index (χ0v) is 11.7. The molecule has 5 heteroatoms. The molecule has 1 saturated heterocycles. The third kappa shape index (κ3) is 2.60. The maximum atomic E-state index is 11.7. The van der Waals surface area contributed by atoms with Crippen LogP contribution in [0.25, 0.3) is 0 Å². The van der Waals surface area contributed by atoms with E-state index in [1.807, 2.05) is 20.8 Å². The summed E-state index contributed by atoms with van der Waals surface area (Å²) in [6.45, 7) is 6.44. The maximum Gasteiger partial charge on any atom is 0.407 e. The molecule has 1 fully saturated rings. The van der Waals surface area contributed by atoms with Gasteiger partial charge in [0.1, 0.15) is 0 Å². The van der Waals surface area contributed by atoms with Gasteiger partial charge in [0.15, 0.2) is 0 Å². The van der Waals surface area contributed by atoms with Gasteiger partial charge in [0.25, 0.3) is 0 Å². The van der Waals surface area contributed by atoms with Gasteiger partial charge >= 0.3 is 12.1 Å². The van der Waals surface area contributed by atoms with Crippen LogP contribution >= 0.6 is 0 Å². The third-order valence-corrected chi connectivity index (χ3v) is 4.03. The van der Waals surface area contributed by atoms with E-state index in [1.165, 1.54) is 12.0 Å². The summed E-state index contributed by atoms with van der Waals surface area (Å²) in [6.07, 6.45) is 1.68. The van der Waals surface area contributed by atoms with Crippen molar-refractivity contribution in [2.75, 3.05) is 13.7 Å². The number of methoxy groups -OCH3 is 1. The first-order valence-corrected chi connectivity index (χ1v) is 6.32. The Hall–Kier alpha value is -1.26. The number of ether oxygens (including phenoxy) is 1. The molecule has 1 heterocycles. The van der Waals surface area contributed by atoms with Crippen LogP contribution in [-0.4, -0.2) is 41.3 Å². The van der Waals surface area contributed by atoms with Gasteiger partial charge in [0.05, 0.1) is 19.1 Å². The number of likely N-dealkylation sites (tertiary alicyclic amines) is 1. The Morgan fingerprint density at radius 2 is 1.94 bits per heavy atom. The molecule has 1 aliphatic rings. The average Bonchev–Trinajstić information content (AvgIpc) is 2.27. The van der Waals surface area contributed by atoms with Gasteiger partial charge in [-0.3, -0.25) is 4.79 Å². The van der Waals surface area contributed by atoms with Gasteiger partial charge in [-0.05, 0) is 24.7 Å². The minimum atomic E-state index is -0.950. The molecule has 1 aliphatic heterocycles. The molecule has 18 heavy (non-hydrogen) atoms. The van der Waals surface area contributed by atoms with Gasteiger partial charge in [0, 0.05) is 6.54 Å². The minimum Gasteiger partial charge on any atom is -0.469 e. The van der Waals surface area contributed by atoms with Gasteiger partial charge < -0.3 is 14.7 Å². The lowest BCUT2D eigenvalue weighted by Crippen LogP contribution is -2.62. The summed E-state index contributed by atoms with van der Waals surface area (Å²) in [4.78, 5) is 24.6. The van der Waals surface area contributed by atoms with Gasteiger partial charge in [-0.1, -0.05) is 20.8 Å². The molecule has 1 rings (SSSR count). The number of carbonyl (C=O) groups excluding carboxylic acids is 1. The molecule has 1 amide bonds. The Balaban J connectivity index is 3.15. The van der Waals surface area contributed by atoms with Crippen molar-refractivity contribution in [3.8, 4) is 0 Å². The van der Waals surface area contributed by atoms with Crippen molar-refractivity contribution in [1.82, 2.24) is 4.90 Å². The van der Waals surface area contributed by atoms with Crippen molar-refractivity contribution in [1.29, 1.82) is 0 Å². The normalized spacial score (nSPS) is 24.8. The van der Waals surface area contributed by atoms with E-state index in [4.69, 9.17) is 4.74 Å². The number of hydrogen-bond donors (Lipinski definition) is 1. The van der Waals surface area contributed by atoms with Crippen LogP contribution in [0.1, 0.15) is 46.5 Å². The highest BCUT2D eigenvalue weighted by atomic mass is 16.5. The lowest BCUT2D eigenvalue weighted by Gasteiger charge is -2.53. The molecular weight excluding hydrogens is 234 g/mol. The highest BCUT2D eigenvalue weighted by Gasteiger charge is 2.51. The molecule has 0 aromatic rings. The number of hydrogen-bond acceptors (Lipinski definition) is 3. The van der Waals surface area contributed by atoms with E-state index in [9.17, 15) is 14.7 Å². The molecule has 0 aliphatic carbocycles. The minimum absolute atomic E-state index is 0.124. The quantitative estimate of drug-likeness (QED) is 0.772. The Labute approximate surface area is 108 Å². The van der Waals surface area contributed by atoms with Crippen molar-refractivity contribution >= 4 is 12.1 Å². The summed E-state index contributed by atoms with van der Waals surface area (Å²) in [5.41, 5.74) is -0.968. The van der Waals surface area contributed by atoms with E-state index in [0.717, 1.165) is 12.8 Å². The van der Waals surface area contributed by atoms with E-state index < -0.39 is 11.6 Å². The first-order chi connectivity index (χ1) is 8.24. The number of piperidine rings is 1. The van der Waals surface area contributed by atoms with Crippen LogP contribution in [0, 0.1) is 5.41 Å². The fraction of sp³-hybridized carbons (Fsp3) is 0.846. The number of carbonyl (C=O) groups is 2.